The minimum absolute atomic E-state index is 0.0155. The van der Waals surface area contributed by atoms with Crippen molar-refractivity contribution in [2.75, 3.05) is 32.6 Å². The van der Waals surface area contributed by atoms with Gasteiger partial charge in [-0.15, -0.1) is 0 Å². The van der Waals surface area contributed by atoms with E-state index in [4.69, 9.17) is 21.6 Å². The minimum Gasteiger partial charge on any atom is -0.493 e. The van der Waals surface area contributed by atoms with Crippen LogP contribution in [0.25, 0.3) is 0 Å². The molecule has 31 heavy (non-hydrogen) atoms. The average molecular weight is 463 g/mol. The summed E-state index contributed by atoms with van der Waals surface area (Å²) in [5, 5.41) is 19.7. The molecule has 6 nitrogen and oxygen atoms in total. The van der Waals surface area contributed by atoms with E-state index in [-0.39, 0.29) is 23.5 Å². The fraction of sp³-hybridized carbons (Fsp3) is 0.435. The topological polar surface area (TPSA) is 90.6 Å². The molecule has 1 heterocycles. The van der Waals surface area contributed by atoms with Crippen LogP contribution in [0.2, 0.25) is 5.02 Å². The van der Waals surface area contributed by atoms with E-state index in [0.29, 0.717) is 35.3 Å². The monoisotopic (exact) mass is 462 g/mol. The van der Waals surface area contributed by atoms with Crippen molar-refractivity contribution in [1.29, 1.82) is 5.26 Å². The zero-order valence-corrected chi connectivity index (χ0v) is 19.2. The first-order chi connectivity index (χ1) is 14.7. The van der Waals surface area contributed by atoms with Gasteiger partial charge in [0.2, 0.25) is 0 Å². The van der Waals surface area contributed by atoms with E-state index in [1.54, 1.807) is 30.3 Å². The highest BCUT2D eigenvalue weighted by atomic mass is 35.5. The lowest BCUT2D eigenvalue weighted by molar-refractivity contribution is 0.136. The molecule has 1 fully saturated rings. The lowest BCUT2D eigenvalue weighted by Gasteiger charge is -2.26. The maximum Gasteiger partial charge on any atom is 0.175 e. The van der Waals surface area contributed by atoms with Crippen LogP contribution in [0, 0.1) is 23.2 Å². The number of halogens is 1. The largest absolute Gasteiger partial charge is 0.493 e. The SMILES string of the molecule is C[C@@H]1CN([C@H](CO)Cc2cc(Cl)cc(C#N)c2)C[C@H]1COc1ccc(S(C)(=O)=O)cc1. The Morgan fingerprint density at radius 3 is 2.58 bits per heavy atom. The lowest BCUT2D eigenvalue weighted by Crippen LogP contribution is -2.38. The smallest absolute Gasteiger partial charge is 0.175 e. The van der Waals surface area contributed by atoms with Gasteiger partial charge in [0.1, 0.15) is 5.75 Å². The number of likely N-dealkylation sites (tertiary alicyclic amines) is 1. The van der Waals surface area contributed by atoms with Gasteiger partial charge in [-0.05, 0) is 60.4 Å². The van der Waals surface area contributed by atoms with E-state index in [2.05, 4.69) is 17.9 Å². The number of aliphatic hydroxyl groups is 1. The molecule has 8 heteroatoms. The fourth-order valence-electron chi connectivity index (χ4n) is 3.99. The highest BCUT2D eigenvalue weighted by molar-refractivity contribution is 7.90. The van der Waals surface area contributed by atoms with E-state index in [9.17, 15) is 13.5 Å². The molecular formula is C23H27ClN2O4S. The van der Waals surface area contributed by atoms with Crippen LogP contribution in [0.1, 0.15) is 18.1 Å². The first-order valence-corrected chi connectivity index (χ1v) is 12.4. The Labute approximate surface area is 188 Å². The predicted molar refractivity (Wildman–Crippen MR) is 120 cm³/mol. The minimum atomic E-state index is -3.22. The quantitative estimate of drug-likeness (QED) is 0.648. The van der Waals surface area contributed by atoms with Crippen LogP contribution in [0.4, 0.5) is 0 Å². The highest BCUT2D eigenvalue weighted by Crippen LogP contribution is 2.28. The van der Waals surface area contributed by atoms with Gasteiger partial charge in [-0.2, -0.15) is 5.26 Å². The second kappa shape index (κ2) is 10.0. The Morgan fingerprint density at radius 2 is 1.97 bits per heavy atom. The van der Waals surface area contributed by atoms with E-state index >= 15 is 0 Å². The molecule has 2 aromatic rings. The summed E-state index contributed by atoms with van der Waals surface area (Å²) in [7, 11) is -3.22. The third-order valence-electron chi connectivity index (χ3n) is 5.80. The summed E-state index contributed by atoms with van der Waals surface area (Å²) in [4.78, 5) is 2.53. The number of hydrogen-bond acceptors (Lipinski definition) is 6. The van der Waals surface area contributed by atoms with Crippen molar-refractivity contribution in [1.82, 2.24) is 4.90 Å². The van der Waals surface area contributed by atoms with Crippen LogP contribution in [-0.2, 0) is 16.3 Å². The van der Waals surface area contributed by atoms with Gasteiger partial charge in [0.15, 0.2) is 9.84 Å². The molecule has 2 aromatic carbocycles. The number of benzene rings is 2. The summed E-state index contributed by atoms with van der Waals surface area (Å²) in [6.45, 7) is 4.34. The van der Waals surface area contributed by atoms with Crippen molar-refractivity contribution in [3.8, 4) is 11.8 Å². The Bertz CT molecular complexity index is 1050. The highest BCUT2D eigenvalue weighted by Gasteiger charge is 2.34. The second-order valence-electron chi connectivity index (χ2n) is 8.25. The van der Waals surface area contributed by atoms with Gasteiger partial charge in [-0.1, -0.05) is 18.5 Å². The number of sulfone groups is 1. The number of nitrogens with zero attached hydrogens (tertiary/aromatic N) is 2. The lowest BCUT2D eigenvalue weighted by atomic mass is 9.99. The molecule has 0 spiro atoms. The normalized spacial score (nSPS) is 20.4. The van der Waals surface area contributed by atoms with Crippen molar-refractivity contribution < 1.29 is 18.3 Å². The molecular weight excluding hydrogens is 436 g/mol. The van der Waals surface area contributed by atoms with Gasteiger partial charge in [0.05, 0.1) is 29.7 Å². The van der Waals surface area contributed by atoms with E-state index in [0.717, 1.165) is 18.7 Å². The Morgan fingerprint density at radius 1 is 1.26 bits per heavy atom. The van der Waals surface area contributed by atoms with Crippen LogP contribution < -0.4 is 4.74 Å². The molecule has 0 saturated carbocycles. The van der Waals surface area contributed by atoms with E-state index in [1.807, 2.05) is 12.1 Å². The molecule has 3 rings (SSSR count). The summed E-state index contributed by atoms with van der Waals surface area (Å²) in [6, 6.07) is 13.8. The molecule has 3 atom stereocenters. The zero-order chi connectivity index (χ0) is 22.6. The molecule has 0 radical (unpaired) electrons. The second-order valence-corrected chi connectivity index (χ2v) is 10.7. The summed E-state index contributed by atoms with van der Waals surface area (Å²) in [6.07, 6.45) is 1.79. The number of aliphatic hydroxyl groups excluding tert-OH is 1. The number of rotatable bonds is 8. The molecule has 1 saturated heterocycles. The van der Waals surface area contributed by atoms with Crippen molar-refractivity contribution in [2.24, 2.45) is 11.8 Å². The van der Waals surface area contributed by atoms with Crippen molar-refractivity contribution in [3.05, 3.63) is 58.6 Å². The average Bonchev–Trinajstić information content (AvgIpc) is 3.10. The first kappa shape index (κ1) is 23.6. The van der Waals surface area contributed by atoms with E-state index in [1.165, 1.54) is 6.26 Å². The van der Waals surface area contributed by atoms with Crippen LogP contribution in [0.3, 0.4) is 0 Å². The van der Waals surface area contributed by atoms with Crippen molar-refractivity contribution >= 4 is 21.4 Å². The van der Waals surface area contributed by atoms with Crippen LogP contribution in [-0.4, -0.2) is 57.0 Å². The Hall–Kier alpha value is -2.11. The maximum atomic E-state index is 11.6. The molecule has 0 aromatic heterocycles. The summed E-state index contributed by atoms with van der Waals surface area (Å²) in [5.74, 6) is 1.32. The van der Waals surface area contributed by atoms with Gasteiger partial charge in [-0.25, -0.2) is 8.42 Å². The van der Waals surface area contributed by atoms with Crippen LogP contribution >= 0.6 is 11.6 Å². The van der Waals surface area contributed by atoms with Gasteiger partial charge < -0.3 is 9.84 Å². The summed E-state index contributed by atoms with van der Waals surface area (Å²) in [5.41, 5.74) is 1.45. The standard InChI is InChI=1S/C23H27ClN2O4S/c1-16-12-26(21(14-27)10-17-7-18(11-25)9-20(24)8-17)13-19(16)15-30-22-3-5-23(6-4-22)31(2,28)29/h3-9,16,19,21,27H,10,12-15H2,1-2H3/t16-,19+,21+/m1/s1. The van der Waals surface area contributed by atoms with Crippen molar-refractivity contribution in [2.45, 2.75) is 24.3 Å². The van der Waals surface area contributed by atoms with Gasteiger partial charge in [-0.3, -0.25) is 4.90 Å². The molecule has 1 aliphatic rings. The Balaban J connectivity index is 1.60. The third-order valence-corrected chi connectivity index (χ3v) is 7.14. The summed E-state index contributed by atoms with van der Waals surface area (Å²) >= 11 is 6.12. The van der Waals surface area contributed by atoms with Crippen molar-refractivity contribution in [3.63, 3.8) is 0 Å². The van der Waals surface area contributed by atoms with Crippen LogP contribution in [0.5, 0.6) is 5.75 Å². The molecule has 0 unspecified atom stereocenters. The number of nitriles is 1. The van der Waals surface area contributed by atoms with Gasteiger partial charge >= 0.3 is 0 Å². The molecule has 0 amide bonds. The molecule has 1 N–H and O–H groups in total. The van der Waals surface area contributed by atoms with Gasteiger partial charge in [0.25, 0.3) is 0 Å². The maximum absolute atomic E-state index is 11.6. The summed E-state index contributed by atoms with van der Waals surface area (Å²) < 4.78 is 29.1. The molecule has 0 aliphatic carbocycles. The number of hydrogen-bond donors (Lipinski definition) is 1. The Kier molecular flexibility index (Phi) is 7.60. The molecule has 0 bridgehead atoms. The van der Waals surface area contributed by atoms with E-state index < -0.39 is 9.84 Å². The predicted octanol–water partition coefficient (Wildman–Crippen LogP) is 3.17. The third kappa shape index (κ3) is 6.20. The molecule has 1 aliphatic heterocycles. The fourth-order valence-corrected chi connectivity index (χ4v) is 4.88. The number of ether oxygens (including phenoxy) is 1. The zero-order valence-electron chi connectivity index (χ0n) is 17.7. The first-order valence-electron chi connectivity index (χ1n) is 10.2. The van der Waals surface area contributed by atoms with Gasteiger partial charge in [0, 0.05) is 36.3 Å². The molecule has 166 valence electrons. The van der Waals surface area contributed by atoms with Crippen LogP contribution in [0.15, 0.2) is 47.4 Å².